The zero-order valence-corrected chi connectivity index (χ0v) is 6.89. The fraction of sp³-hybridized carbons (Fsp3) is 0.429. The van der Waals surface area contributed by atoms with Gasteiger partial charge in [0.15, 0.2) is 0 Å². The summed E-state index contributed by atoms with van der Waals surface area (Å²) >= 11 is 0. The van der Waals surface area contributed by atoms with Gasteiger partial charge in [0.2, 0.25) is 0 Å². The van der Waals surface area contributed by atoms with Gasteiger partial charge in [0.05, 0.1) is 0 Å². The standard InChI is InChI=1S/C7H9NO5/c1-4(9)7(8)12-5(10)2-3-6(11)13-7/h2-4,9H,8H2,1H3. The normalized spacial score (nSPS) is 23.0. The Morgan fingerprint density at radius 1 is 1.38 bits per heavy atom. The third-order valence-electron chi connectivity index (χ3n) is 1.46. The molecule has 1 atom stereocenters. The molecule has 0 saturated heterocycles. The van der Waals surface area contributed by atoms with Gasteiger partial charge in [0.25, 0.3) is 0 Å². The molecule has 0 amide bonds. The molecule has 0 aromatic rings. The second-order valence-electron chi connectivity index (χ2n) is 2.57. The maximum atomic E-state index is 10.8. The lowest BCUT2D eigenvalue weighted by atomic mass is 10.3. The third-order valence-corrected chi connectivity index (χ3v) is 1.46. The number of esters is 2. The molecule has 0 fully saturated rings. The van der Waals surface area contributed by atoms with Gasteiger partial charge >= 0.3 is 17.8 Å². The Bertz CT molecular complexity index is 250. The van der Waals surface area contributed by atoms with Crippen LogP contribution in [0.5, 0.6) is 0 Å². The number of cyclic esters (lactones) is 2. The summed E-state index contributed by atoms with van der Waals surface area (Å²) in [6.07, 6.45) is 0.443. The molecular formula is C7H9NO5. The highest BCUT2D eigenvalue weighted by atomic mass is 16.8. The Kier molecular flexibility index (Phi) is 2.35. The lowest BCUT2D eigenvalue weighted by Crippen LogP contribution is -2.55. The van der Waals surface area contributed by atoms with Crippen LogP contribution in [0.1, 0.15) is 6.92 Å². The van der Waals surface area contributed by atoms with Gasteiger partial charge < -0.3 is 14.6 Å². The Hall–Kier alpha value is -1.40. The highest BCUT2D eigenvalue weighted by Crippen LogP contribution is 2.15. The summed E-state index contributed by atoms with van der Waals surface area (Å²) in [7, 11) is 0. The number of aliphatic hydroxyl groups excluding tert-OH is 1. The van der Waals surface area contributed by atoms with Crippen LogP contribution in [0.25, 0.3) is 0 Å². The number of nitrogens with two attached hydrogens (primary N) is 1. The first kappa shape index (κ1) is 9.69. The van der Waals surface area contributed by atoms with E-state index in [4.69, 9.17) is 10.8 Å². The fourth-order valence-corrected chi connectivity index (χ4v) is 0.710. The lowest BCUT2D eigenvalue weighted by molar-refractivity contribution is -0.248. The average Bonchev–Trinajstić information content (AvgIpc) is 2.11. The highest BCUT2D eigenvalue weighted by Gasteiger charge is 2.40. The lowest BCUT2D eigenvalue weighted by Gasteiger charge is -2.28. The van der Waals surface area contributed by atoms with Crippen molar-refractivity contribution in [3.63, 3.8) is 0 Å². The van der Waals surface area contributed by atoms with Gasteiger partial charge in [-0.05, 0) is 6.92 Å². The molecule has 13 heavy (non-hydrogen) atoms. The average molecular weight is 187 g/mol. The first-order valence-electron chi connectivity index (χ1n) is 3.55. The summed E-state index contributed by atoms with van der Waals surface area (Å²) in [4.78, 5) is 21.6. The number of rotatable bonds is 1. The molecule has 0 bridgehead atoms. The minimum atomic E-state index is -2.10. The van der Waals surface area contributed by atoms with Crippen LogP contribution in [0.2, 0.25) is 0 Å². The summed E-state index contributed by atoms with van der Waals surface area (Å²) in [6, 6.07) is 0. The van der Waals surface area contributed by atoms with Crippen molar-refractivity contribution in [1.29, 1.82) is 0 Å². The molecule has 3 N–H and O–H groups in total. The summed E-state index contributed by atoms with van der Waals surface area (Å²) in [5, 5.41) is 9.09. The zero-order chi connectivity index (χ0) is 10.1. The van der Waals surface area contributed by atoms with Crippen molar-refractivity contribution in [3.8, 4) is 0 Å². The molecule has 1 heterocycles. The molecule has 0 aliphatic carbocycles. The highest BCUT2D eigenvalue weighted by molar-refractivity contribution is 5.93. The maximum Gasteiger partial charge on any atom is 0.342 e. The van der Waals surface area contributed by atoms with E-state index in [0.29, 0.717) is 0 Å². The molecule has 1 rings (SSSR count). The van der Waals surface area contributed by atoms with Crippen LogP contribution in [0.3, 0.4) is 0 Å². The first-order chi connectivity index (χ1) is 5.94. The van der Waals surface area contributed by atoms with Crippen LogP contribution in [0.4, 0.5) is 0 Å². The molecule has 1 unspecified atom stereocenters. The Balaban J connectivity index is 2.90. The number of aliphatic hydroxyl groups is 1. The Labute approximate surface area is 73.9 Å². The molecule has 0 radical (unpaired) electrons. The number of carbonyl (C=O) groups excluding carboxylic acids is 2. The minimum Gasteiger partial charge on any atom is -0.403 e. The molecule has 0 saturated carbocycles. The van der Waals surface area contributed by atoms with E-state index in [-0.39, 0.29) is 0 Å². The molecule has 6 heteroatoms. The molecule has 0 aromatic heterocycles. The monoisotopic (exact) mass is 187 g/mol. The van der Waals surface area contributed by atoms with E-state index in [1.807, 2.05) is 0 Å². The minimum absolute atomic E-state index is 0.839. The molecule has 1 aliphatic heterocycles. The van der Waals surface area contributed by atoms with E-state index in [0.717, 1.165) is 12.2 Å². The van der Waals surface area contributed by atoms with Crippen LogP contribution >= 0.6 is 0 Å². The Morgan fingerprint density at radius 2 is 1.77 bits per heavy atom. The van der Waals surface area contributed by atoms with Crippen molar-refractivity contribution in [2.75, 3.05) is 0 Å². The third kappa shape index (κ3) is 2.04. The van der Waals surface area contributed by atoms with Gasteiger partial charge in [-0.2, -0.15) is 0 Å². The van der Waals surface area contributed by atoms with Crippen molar-refractivity contribution in [1.82, 2.24) is 0 Å². The van der Waals surface area contributed by atoms with Gasteiger partial charge in [0, 0.05) is 12.2 Å². The van der Waals surface area contributed by atoms with Crippen molar-refractivity contribution in [2.24, 2.45) is 5.73 Å². The number of hydrogen-bond acceptors (Lipinski definition) is 6. The van der Waals surface area contributed by atoms with E-state index in [1.54, 1.807) is 0 Å². The summed E-state index contributed by atoms with van der Waals surface area (Å²) < 4.78 is 8.98. The molecule has 0 spiro atoms. The van der Waals surface area contributed by atoms with Crippen LogP contribution in [0.15, 0.2) is 12.2 Å². The predicted molar refractivity (Wildman–Crippen MR) is 39.9 cm³/mol. The largest absolute Gasteiger partial charge is 0.403 e. The number of ether oxygens (including phenoxy) is 2. The maximum absolute atomic E-state index is 10.8. The van der Waals surface area contributed by atoms with Crippen LogP contribution < -0.4 is 5.73 Å². The van der Waals surface area contributed by atoms with Crippen LogP contribution in [0, 0.1) is 0 Å². The Morgan fingerprint density at radius 3 is 2.08 bits per heavy atom. The van der Waals surface area contributed by atoms with Gasteiger partial charge in [-0.15, -0.1) is 0 Å². The molecule has 6 nitrogen and oxygen atoms in total. The quantitative estimate of drug-likeness (QED) is 0.492. The molecular weight excluding hydrogens is 178 g/mol. The van der Waals surface area contributed by atoms with Gasteiger partial charge in [-0.1, -0.05) is 0 Å². The van der Waals surface area contributed by atoms with Gasteiger partial charge in [-0.3, -0.25) is 5.73 Å². The number of hydrogen-bond donors (Lipinski definition) is 2. The van der Waals surface area contributed by atoms with E-state index >= 15 is 0 Å². The van der Waals surface area contributed by atoms with E-state index in [1.165, 1.54) is 6.92 Å². The van der Waals surface area contributed by atoms with E-state index < -0.39 is 24.0 Å². The second-order valence-corrected chi connectivity index (χ2v) is 2.57. The molecule has 1 aliphatic rings. The van der Waals surface area contributed by atoms with E-state index in [2.05, 4.69) is 9.47 Å². The fourth-order valence-electron chi connectivity index (χ4n) is 0.710. The number of carbonyl (C=O) groups is 2. The zero-order valence-electron chi connectivity index (χ0n) is 6.89. The first-order valence-corrected chi connectivity index (χ1v) is 3.55. The van der Waals surface area contributed by atoms with Gasteiger partial charge in [0.1, 0.15) is 6.10 Å². The smallest absolute Gasteiger partial charge is 0.342 e. The van der Waals surface area contributed by atoms with Crippen molar-refractivity contribution < 1.29 is 24.2 Å². The van der Waals surface area contributed by atoms with Crippen molar-refractivity contribution in [3.05, 3.63) is 12.2 Å². The summed E-state index contributed by atoms with van der Waals surface area (Å²) in [5.74, 6) is -3.78. The SMILES string of the molecule is CC(O)C1(N)OC(=O)C=CC(=O)O1. The second kappa shape index (κ2) is 3.15. The summed E-state index contributed by atoms with van der Waals surface area (Å²) in [5.41, 5.74) is 5.31. The summed E-state index contributed by atoms with van der Waals surface area (Å²) in [6.45, 7) is 1.24. The molecule has 72 valence electrons. The van der Waals surface area contributed by atoms with Crippen LogP contribution in [-0.2, 0) is 19.1 Å². The van der Waals surface area contributed by atoms with E-state index in [9.17, 15) is 9.59 Å². The van der Waals surface area contributed by atoms with Gasteiger partial charge in [-0.25, -0.2) is 9.59 Å². The topological polar surface area (TPSA) is 98.9 Å². The van der Waals surface area contributed by atoms with Crippen molar-refractivity contribution in [2.45, 2.75) is 18.9 Å². The predicted octanol–water partition coefficient (Wildman–Crippen LogP) is -1.36. The van der Waals surface area contributed by atoms with Crippen LogP contribution in [-0.4, -0.2) is 29.1 Å². The molecule has 0 aromatic carbocycles. The van der Waals surface area contributed by atoms with Crippen molar-refractivity contribution >= 4 is 11.9 Å².